The SMILES string of the molecule is Cc1ccc(C2=C(c3ccc(C#Cc4ccccc4)cc3)C(=O)C(c3ccccc3)=C2c2ccc(C#Cc3ccccc3)cc2)cc1. The predicted octanol–water partition coefficient (Wildman–Crippen LogP) is 9.90. The average molecular weight is 599 g/mol. The molecule has 1 aliphatic carbocycles. The fourth-order valence-corrected chi connectivity index (χ4v) is 5.83. The van der Waals surface area contributed by atoms with Gasteiger partial charge >= 0.3 is 0 Å². The molecule has 7 rings (SSSR count). The number of aryl methyl sites for hydroxylation is 1. The van der Waals surface area contributed by atoms with Crippen LogP contribution in [0.4, 0.5) is 0 Å². The van der Waals surface area contributed by atoms with Gasteiger partial charge in [-0.3, -0.25) is 4.79 Å². The second-order valence-corrected chi connectivity index (χ2v) is 11.4. The summed E-state index contributed by atoms with van der Waals surface area (Å²) < 4.78 is 0. The van der Waals surface area contributed by atoms with E-state index in [9.17, 15) is 4.79 Å². The average Bonchev–Trinajstić information content (AvgIpc) is 3.44. The number of rotatable bonds is 4. The molecule has 0 aliphatic heterocycles. The highest BCUT2D eigenvalue weighted by Gasteiger charge is 2.35. The fraction of sp³-hybridized carbons (Fsp3) is 0.0217. The Bertz CT molecular complexity index is 2250. The highest BCUT2D eigenvalue weighted by atomic mass is 16.1. The van der Waals surface area contributed by atoms with Crippen molar-refractivity contribution in [1.82, 2.24) is 0 Å². The number of ketones is 1. The van der Waals surface area contributed by atoms with E-state index in [1.807, 2.05) is 127 Å². The van der Waals surface area contributed by atoms with Crippen LogP contribution in [-0.2, 0) is 4.79 Å². The van der Waals surface area contributed by atoms with Crippen molar-refractivity contribution in [3.8, 4) is 23.7 Å². The Balaban J connectivity index is 1.37. The summed E-state index contributed by atoms with van der Waals surface area (Å²) in [4.78, 5) is 14.7. The summed E-state index contributed by atoms with van der Waals surface area (Å²) in [6, 6.07) is 54.6. The second kappa shape index (κ2) is 13.3. The Hall–Kier alpha value is -6.41. The molecule has 0 radical (unpaired) electrons. The summed E-state index contributed by atoms with van der Waals surface area (Å²) in [6.07, 6.45) is 0. The normalized spacial score (nSPS) is 12.3. The Kier molecular flexibility index (Phi) is 8.29. The van der Waals surface area contributed by atoms with Gasteiger partial charge in [-0.05, 0) is 77.7 Å². The van der Waals surface area contributed by atoms with E-state index >= 15 is 0 Å². The second-order valence-electron chi connectivity index (χ2n) is 11.4. The highest BCUT2D eigenvalue weighted by Crippen LogP contribution is 2.49. The third kappa shape index (κ3) is 6.39. The first-order valence-electron chi connectivity index (χ1n) is 15.7. The highest BCUT2D eigenvalue weighted by molar-refractivity contribution is 6.59. The molecule has 6 aromatic rings. The minimum absolute atomic E-state index is 0.0119. The van der Waals surface area contributed by atoms with Crippen molar-refractivity contribution in [3.05, 3.63) is 214 Å². The van der Waals surface area contributed by atoms with Gasteiger partial charge < -0.3 is 0 Å². The van der Waals surface area contributed by atoms with Crippen LogP contribution < -0.4 is 0 Å². The predicted molar refractivity (Wildman–Crippen MR) is 194 cm³/mol. The van der Waals surface area contributed by atoms with Crippen molar-refractivity contribution in [3.63, 3.8) is 0 Å². The molecular formula is C46H30O. The molecular weight excluding hydrogens is 569 g/mol. The molecule has 1 aliphatic rings. The molecule has 1 heteroatoms. The van der Waals surface area contributed by atoms with E-state index < -0.39 is 0 Å². The summed E-state index contributed by atoms with van der Waals surface area (Å²) in [5.41, 5.74) is 11.9. The third-order valence-corrected chi connectivity index (χ3v) is 8.20. The molecule has 0 saturated carbocycles. The van der Waals surface area contributed by atoms with Gasteiger partial charge in [0.15, 0.2) is 5.78 Å². The fourth-order valence-electron chi connectivity index (χ4n) is 5.83. The molecule has 0 fully saturated rings. The quantitative estimate of drug-likeness (QED) is 0.185. The van der Waals surface area contributed by atoms with Crippen molar-refractivity contribution in [2.45, 2.75) is 6.92 Å². The molecule has 0 N–H and O–H groups in total. The Morgan fingerprint density at radius 1 is 0.319 bits per heavy atom. The minimum Gasteiger partial charge on any atom is -0.289 e. The van der Waals surface area contributed by atoms with Gasteiger partial charge in [-0.1, -0.05) is 145 Å². The molecule has 0 heterocycles. The molecule has 0 aromatic heterocycles. The van der Waals surface area contributed by atoms with Crippen molar-refractivity contribution in [2.24, 2.45) is 0 Å². The van der Waals surface area contributed by atoms with E-state index in [0.29, 0.717) is 11.1 Å². The first-order chi connectivity index (χ1) is 23.1. The smallest absolute Gasteiger partial charge is 0.195 e. The molecule has 0 bridgehead atoms. The van der Waals surface area contributed by atoms with Crippen LogP contribution in [0.25, 0.3) is 22.3 Å². The van der Waals surface area contributed by atoms with E-state index in [-0.39, 0.29) is 5.78 Å². The number of carbonyl (C=O) groups is 1. The molecule has 1 nitrogen and oxygen atoms in total. The van der Waals surface area contributed by atoms with E-state index in [2.05, 4.69) is 67.0 Å². The topological polar surface area (TPSA) is 17.1 Å². The number of hydrogen-bond acceptors (Lipinski definition) is 1. The third-order valence-electron chi connectivity index (χ3n) is 8.20. The maximum absolute atomic E-state index is 14.7. The summed E-state index contributed by atoms with van der Waals surface area (Å²) in [7, 11) is 0. The lowest BCUT2D eigenvalue weighted by Gasteiger charge is -2.14. The lowest BCUT2D eigenvalue weighted by atomic mass is 9.88. The van der Waals surface area contributed by atoms with Gasteiger partial charge in [-0.15, -0.1) is 0 Å². The zero-order valence-corrected chi connectivity index (χ0v) is 26.0. The van der Waals surface area contributed by atoms with Gasteiger partial charge in [0.2, 0.25) is 0 Å². The molecule has 47 heavy (non-hydrogen) atoms. The number of hydrogen-bond donors (Lipinski definition) is 0. The van der Waals surface area contributed by atoms with Crippen molar-refractivity contribution >= 4 is 28.1 Å². The van der Waals surface area contributed by atoms with Crippen LogP contribution in [0.2, 0.25) is 0 Å². The van der Waals surface area contributed by atoms with Crippen LogP contribution in [0.5, 0.6) is 0 Å². The summed E-state index contributed by atoms with van der Waals surface area (Å²) in [5.74, 6) is 13.0. The molecule has 6 aromatic carbocycles. The lowest BCUT2D eigenvalue weighted by molar-refractivity contribution is -0.108. The molecule has 0 spiro atoms. The van der Waals surface area contributed by atoms with E-state index in [1.54, 1.807) is 0 Å². The van der Waals surface area contributed by atoms with Gasteiger partial charge in [-0.2, -0.15) is 0 Å². The van der Waals surface area contributed by atoms with E-state index in [4.69, 9.17) is 0 Å². The van der Waals surface area contributed by atoms with Crippen LogP contribution in [0.3, 0.4) is 0 Å². The number of carbonyl (C=O) groups excluding carboxylic acids is 1. The van der Waals surface area contributed by atoms with Crippen LogP contribution in [0.15, 0.2) is 164 Å². The summed E-state index contributed by atoms with van der Waals surface area (Å²) in [6.45, 7) is 2.08. The van der Waals surface area contributed by atoms with Crippen molar-refractivity contribution in [2.75, 3.05) is 0 Å². The Morgan fingerprint density at radius 2 is 0.617 bits per heavy atom. The van der Waals surface area contributed by atoms with Gasteiger partial charge in [-0.25, -0.2) is 0 Å². The number of allylic oxidation sites excluding steroid dienone is 4. The van der Waals surface area contributed by atoms with E-state index in [1.165, 1.54) is 0 Å². The molecule has 0 atom stereocenters. The standard InChI is InChI=1S/C46H30O/c1-33-17-27-39(28-18-33)42-43(40-29-23-36(24-30-40)21-19-34-11-5-2-6-12-34)44(38-15-9-4-10-16-38)46(47)45(42)41-31-25-37(26-32-41)22-20-35-13-7-3-8-14-35/h2-18,23-32H,1H3. The summed E-state index contributed by atoms with van der Waals surface area (Å²) >= 11 is 0. The van der Waals surface area contributed by atoms with Crippen LogP contribution >= 0.6 is 0 Å². The number of Topliss-reactive ketones (excluding diaryl/α,β-unsaturated/α-hetero) is 1. The van der Waals surface area contributed by atoms with E-state index in [0.717, 1.165) is 61.2 Å². The molecule has 0 amide bonds. The lowest BCUT2D eigenvalue weighted by Crippen LogP contribution is -2.02. The largest absolute Gasteiger partial charge is 0.289 e. The zero-order valence-electron chi connectivity index (χ0n) is 26.0. The van der Waals surface area contributed by atoms with Crippen LogP contribution in [0, 0.1) is 30.6 Å². The minimum atomic E-state index is 0.0119. The van der Waals surface area contributed by atoms with Gasteiger partial charge in [0.25, 0.3) is 0 Å². The van der Waals surface area contributed by atoms with Gasteiger partial charge in [0.1, 0.15) is 0 Å². The monoisotopic (exact) mass is 598 g/mol. The molecule has 0 saturated heterocycles. The van der Waals surface area contributed by atoms with Crippen molar-refractivity contribution < 1.29 is 4.79 Å². The molecule has 0 unspecified atom stereocenters. The Labute approximate surface area is 276 Å². The van der Waals surface area contributed by atoms with Crippen molar-refractivity contribution in [1.29, 1.82) is 0 Å². The maximum atomic E-state index is 14.7. The van der Waals surface area contributed by atoms with Crippen LogP contribution in [-0.4, -0.2) is 5.78 Å². The van der Waals surface area contributed by atoms with Gasteiger partial charge in [0, 0.05) is 44.5 Å². The molecule has 220 valence electrons. The Morgan fingerprint density at radius 3 is 1.02 bits per heavy atom. The maximum Gasteiger partial charge on any atom is 0.195 e. The number of benzene rings is 6. The first-order valence-corrected chi connectivity index (χ1v) is 15.7. The zero-order chi connectivity index (χ0) is 32.0. The summed E-state index contributed by atoms with van der Waals surface area (Å²) in [5, 5.41) is 0. The first kappa shape index (κ1) is 29.3. The van der Waals surface area contributed by atoms with Crippen LogP contribution in [0.1, 0.15) is 50.1 Å². The van der Waals surface area contributed by atoms with Gasteiger partial charge in [0.05, 0.1) is 0 Å².